The lowest BCUT2D eigenvalue weighted by molar-refractivity contribution is -0.108. The summed E-state index contributed by atoms with van der Waals surface area (Å²) in [5.74, 6) is 0.193. The maximum atomic E-state index is 11.7. The van der Waals surface area contributed by atoms with Crippen LogP contribution in [0.5, 0.6) is 0 Å². The van der Waals surface area contributed by atoms with E-state index in [1.165, 1.54) is 11.9 Å². The highest BCUT2D eigenvalue weighted by Gasteiger charge is 2.63. The third kappa shape index (κ3) is 4.02. The van der Waals surface area contributed by atoms with E-state index in [1.54, 1.807) is 18.3 Å². The van der Waals surface area contributed by atoms with Gasteiger partial charge in [0.2, 0.25) is 6.41 Å². The number of amides is 2. The quantitative estimate of drug-likeness (QED) is 0.626. The molecule has 6 nitrogen and oxygen atoms in total. The van der Waals surface area contributed by atoms with Crippen LogP contribution in [0.15, 0.2) is 22.9 Å². The van der Waals surface area contributed by atoms with Crippen molar-refractivity contribution in [3.63, 3.8) is 0 Å². The molecule has 0 radical (unpaired) electrons. The Balaban J connectivity index is 2.21. The van der Waals surface area contributed by atoms with E-state index in [4.69, 9.17) is 4.74 Å². The molecule has 7 heteroatoms. The minimum atomic E-state index is -0.660. The predicted molar refractivity (Wildman–Crippen MR) is 91.2 cm³/mol. The minimum Gasteiger partial charge on any atom is -0.441 e. The Morgan fingerprint density at radius 3 is 2.70 bits per heavy atom. The zero-order valence-electron chi connectivity index (χ0n) is 13.8. The summed E-state index contributed by atoms with van der Waals surface area (Å²) in [6.45, 7) is 6.65. The van der Waals surface area contributed by atoms with E-state index < -0.39 is 11.7 Å². The van der Waals surface area contributed by atoms with Gasteiger partial charge in [-0.2, -0.15) is 0 Å². The van der Waals surface area contributed by atoms with Gasteiger partial charge in [0.15, 0.2) is 0 Å². The maximum Gasteiger partial charge on any atom is 0.407 e. The molecule has 0 saturated heterocycles. The topological polar surface area (TPSA) is 71.5 Å². The lowest BCUT2D eigenvalue weighted by Crippen LogP contribution is -2.41. The van der Waals surface area contributed by atoms with E-state index in [0.717, 1.165) is 12.8 Å². The lowest BCUT2D eigenvalue weighted by atomic mass is 9.88. The van der Waals surface area contributed by atoms with Gasteiger partial charge in [-0.1, -0.05) is 20.8 Å². The van der Waals surface area contributed by atoms with Crippen molar-refractivity contribution in [1.29, 1.82) is 0 Å². The summed E-state index contributed by atoms with van der Waals surface area (Å²) >= 11 is 3.27. The smallest absolute Gasteiger partial charge is 0.407 e. The molecule has 1 aromatic rings. The van der Waals surface area contributed by atoms with E-state index >= 15 is 0 Å². The Kier molecular flexibility index (Phi) is 4.98. The number of hydrogen-bond donors (Lipinski definition) is 1. The van der Waals surface area contributed by atoms with Gasteiger partial charge in [-0.25, -0.2) is 9.78 Å². The Labute approximate surface area is 144 Å². The van der Waals surface area contributed by atoms with Gasteiger partial charge in [-0.05, 0) is 39.9 Å². The Morgan fingerprint density at radius 1 is 1.57 bits per heavy atom. The summed E-state index contributed by atoms with van der Waals surface area (Å²) in [4.78, 5) is 28.9. The SMILES string of the molecule is CNC(=O)OC1(CN(C=O)c2ccc(Br)nc2)CC1C(C)(C)C. The molecule has 2 amide bonds. The fraction of sp³-hybridized carbons (Fsp3) is 0.562. The average Bonchev–Trinajstić information content (AvgIpc) is 3.20. The number of alkyl carbamates (subject to hydrolysis) is 1. The summed E-state index contributed by atoms with van der Waals surface area (Å²) in [5.41, 5.74) is -0.00463. The van der Waals surface area contributed by atoms with Crippen molar-refractivity contribution in [3.8, 4) is 0 Å². The number of nitrogens with one attached hydrogen (secondary N) is 1. The molecule has 1 aliphatic rings. The molecule has 0 bridgehead atoms. The van der Waals surface area contributed by atoms with Crippen molar-refractivity contribution < 1.29 is 14.3 Å². The summed E-state index contributed by atoms with van der Waals surface area (Å²) in [7, 11) is 1.53. The Hall–Kier alpha value is -1.63. The van der Waals surface area contributed by atoms with E-state index in [-0.39, 0.29) is 11.3 Å². The highest BCUT2D eigenvalue weighted by atomic mass is 79.9. The molecule has 1 aromatic heterocycles. The molecular weight excluding hydrogens is 362 g/mol. The fourth-order valence-corrected chi connectivity index (χ4v) is 3.19. The van der Waals surface area contributed by atoms with Crippen molar-refractivity contribution in [2.75, 3.05) is 18.5 Å². The van der Waals surface area contributed by atoms with Gasteiger partial charge in [0.25, 0.3) is 0 Å². The second kappa shape index (κ2) is 6.47. The summed E-state index contributed by atoms with van der Waals surface area (Å²) in [6.07, 6.45) is 2.62. The zero-order valence-corrected chi connectivity index (χ0v) is 15.4. The normalized spacial score (nSPS) is 23.1. The molecule has 0 spiro atoms. The lowest BCUT2D eigenvalue weighted by Gasteiger charge is -2.29. The third-order valence-electron chi connectivity index (χ3n) is 4.18. The van der Waals surface area contributed by atoms with Crippen molar-refractivity contribution in [3.05, 3.63) is 22.9 Å². The summed E-state index contributed by atoms with van der Waals surface area (Å²) in [5, 5.41) is 2.49. The molecular formula is C16H22BrN3O3. The predicted octanol–water partition coefficient (Wildman–Crippen LogP) is 2.97. The molecule has 0 aromatic carbocycles. The van der Waals surface area contributed by atoms with Crippen LogP contribution >= 0.6 is 15.9 Å². The van der Waals surface area contributed by atoms with Gasteiger partial charge in [-0.3, -0.25) is 4.79 Å². The van der Waals surface area contributed by atoms with Gasteiger partial charge >= 0.3 is 6.09 Å². The van der Waals surface area contributed by atoms with Gasteiger partial charge in [0.1, 0.15) is 10.2 Å². The first-order chi connectivity index (χ1) is 10.7. The van der Waals surface area contributed by atoms with Crippen molar-refractivity contribution >= 4 is 34.1 Å². The molecule has 1 fully saturated rings. The third-order valence-corrected chi connectivity index (χ3v) is 4.65. The molecule has 1 N–H and O–H groups in total. The van der Waals surface area contributed by atoms with Gasteiger partial charge < -0.3 is 15.0 Å². The van der Waals surface area contributed by atoms with Crippen LogP contribution in [0.25, 0.3) is 0 Å². The number of carbonyl (C=O) groups excluding carboxylic acids is 2. The van der Waals surface area contributed by atoms with E-state index in [0.29, 0.717) is 16.8 Å². The summed E-state index contributed by atoms with van der Waals surface area (Å²) < 4.78 is 6.33. The molecule has 126 valence electrons. The fourth-order valence-electron chi connectivity index (χ4n) is 2.95. The number of carbonyl (C=O) groups is 2. The summed E-state index contributed by atoms with van der Waals surface area (Å²) in [6, 6.07) is 3.57. The Bertz CT molecular complexity index is 585. The van der Waals surface area contributed by atoms with Crippen molar-refractivity contribution in [2.45, 2.75) is 32.8 Å². The van der Waals surface area contributed by atoms with Crippen LogP contribution < -0.4 is 10.2 Å². The number of ether oxygens (including phenoxy) is 1. The van der Waals surface area contributed by atoms with Crippen LogP contribution in [-0.4, -0.2) is 36.7 Å². The number of anilines is 1. The second-order valence-corrected chi connectivity index (χ2v) is 7.71. The first kappa shape index (κ1) is 17.7. The zero-order chi connectivity index (χ0) is 17.3. The molecule has 2 rings (SSSR count). The highest BCUT2D eigenvalue weighted by Crippen LogP contribution is 2.57. The van der Waals surface area contributed by atoms with E-state index in [1.807, 2.05) is 0 Å². The number of halogens is 1. The Morgan fingerprint density at radius 2 is 2.26 bits per heavy atom. The van der Waals surface area contributed by atoms with Crippen LogP contribution in [0.2, 0.25) is 0 Å². The number of hydrogen-bond acceptors (Lipinski definition) is 4. The molecule has 23 heavy (non-hydrogen) atoms. The van der Waals surface area contributed by atoms with E-state index in [2.05, 4.69) is 47.0 Å². The number of nitrogens with zero attached hydrogens (tertiary/aromatic N) is 2. The minimum absolute atomic E-state index is 0.0134. The van der Waals surface area contributed by atoms with Crippen molar-refractivity contribution in [1.82, 2.24) is 10.3 Å². The van der Waals surface area contributed by atoms with Gasteiger partial charge in [0, 0.05) is 13.0 Å². The number of pyridine rings is 1. The monoisotopic (exact) mass is 383 g/mol. The van der Waals surface area contributed by atoms with E-state index in [9.17, 15) is 9.59 Å². The standard InChI is InChI=1S/C16H22BrN3O3/c1-15(2,3)12-7-16(12,23-14(22)18-4)9-20(10-21)11-5-6-13(17)19-8-11/h5-6,8,10,12H,7,9H2,1-4H3,(H,18,22). The molecule has 1 heterocycles. The molecule has 0 aliphatic heterocycles. The number of rotatable bonds is 5. The highest BCUT2D eigenvalue weighted by molar-refractivity contribution is 9.10. The maximum absolute atomic E-state index is 11.7. The first-order valence-electron chi connectivity index (χ1n) is 7.46. The van der Waals surface area contributed by atoms with Crippen LogP contribution in [-0.2, 0) is 9.53 Å². The van der Waals surface area contributed by atoms with Crippen LogP contribution in [0.4, 0.5) is 10.5 Å². The number of aromatic nitrogens is 1. The van der Waals surface area contributed by atoms with Gasteiger partial charge in [-0.15, -0.1) is 0 Å². The van der Waals surface area contributed by atoms with Crippen LogP contribution in [0.3, 0.4) is 0 Å². The van der Waals surface area contributed by atoms with Gasteiger partial charge in [0.05, 0.1) is 18.4 Å². The molecule has 1 aliphatic carbocycles. The molecule has 1 saturated carbocycles. The van der Waals surface area contributed by atoms with Crippen molar-refractivity contribution in [2.24, 2.45) is 11.3 Å². The average molecular weight is 384 g/mol. The van der Waals surface area contributed by atoms with Crippen LogP contribution in [0, 0.1) is 11.3 Å². The van der Waals surface area contributed by atoms with Crippen LogP contribution in [0.1, 0.15) is 27.2 Å². The first-order valence-corrected chi connectivity index (χ1v) is 8.25. The molecule has 2 atom stereocenters. The largest absolute Gasteiger partial charge is 0.441 e. The second-order valence-electron chi connectivity index (χ2n) is 6.90. The molecule has 2 unspecified atom stereocenters.